The van der Waals surface area contributed by atoms with Crippen LogP contribution in [0.4, 0.5) is 0 Å². The van der Waals surface area contributed by atoms with Crippen LogP contribution in [0.15, 0.2) is 30.5 Å². The number of carbonyl (C=O) groups excluding carboxylic acids is 1. The Morgan fingerprint density at radius 2 is 2.24 bits per heavy atom. The van der Waals surface area contributed by atoms with E-state index < -0.39 is 0 Å². The van der Waals surface area contributed by atoms with E-state index in [0.717, 1.165) is 35.9 Å². The Morgan fingerprint density at radius 3 is 3.05 bits per heavy atom. The molecule has 3 rings (SSSR count). The van der Waals surface area contributed by atoms with Crippen molar-refractivity contribution in [2.75, 3.05) is 13.6 Å². The molecule has 0 bridgehead atoms. The molecule has 2 atom stereocenters. The van der Waals surface area contributed by atoms with Gasteiger partial charge in [0.1, 0.15) is 0 Å². The van der Waals surface area contributed by atoms with Crippen LogP contribution < -0.4 is 5.32 Å². The molecule has 0 spiro atoms. The molecule has 0 aliphatic carbocycles. The van der Waals surface area contributed by atoms with Gasteiger partial charge >= 0.3 is 0 Å². The lowest BCUT2D eigenvalue weighted by molar-refractivity contribution is -0.121. The van der Waals surface area contributed by atoms with Gasteiger partial charge in [-0.3, -0.25) is 4.79 Å². The van der Waals surface area contributed by atoms with Crippen molar-refractivity contribution >= 4 is 16.8 Å². The number of hydrogen-bond donors (Lipinski definition) is 2. The lowest BCUT2D eigenvalue weighted by Gasteiger charge is -2.35. The maximum absolute atomic E-state index is 12.3. The van der Waals surface area contributed by atoms with E-state index in [2.05, 4.69) is 35.2 Å². The molecule has 1 saturated heterocycles. The molecule has 112 valence electrons. The fourth-order valence-corrected chi connectivity index (χ4v) is 3.15. The van der Waals surface area contributed by atoms with Crippen LogP contribution in [0, 0.1) is 0 Å². The van der Waals surface area contributed by atoms with Crippen molar-refractivity contribution in [3.05, 3.63) is 36.0 Å². The zero-order chi connectivity index (χ0) is 14.8. The van der Waals surface area contributed by atoms with Crippen LogP contribution >= 0.6 is 0 Å². The zero-order valence-corrected chi connectivity index (χ0v) is 12.7. The lowest BCUT2D eigenvalue weighted by Crippen LogP contribution is -2.47. The topological polar surface area (TPSA) is 48.1 Å². The summed E-state index contributed by atoms with van der Waals surface area (Å²) in [6.07, 6.45) is 4.48. The normalized spacial score (nSPS) is 23.3. The van der Waals surface area contributed by atoms with Gasteiger partial charge in [0.05, 0.1) is 6.42 Å². The van der Waals surface area contributed by atoms with Crippen LogP contribution in [0.5, 0.6) is 0 Å². The van der Waals surface area contributed by atoms with Crippen molar-refractivity contribution in [1.29, 1.82) is 0 Å². The van der Waals surface area contributed by atoms with Crippen molar-refractivity contribution in [3.8, 4) is 0 Å². The van der Waals surface area contributed by atoms with Gasteiger partial charge in [0.15, 0.2) is 0 Å². The molecule has 1 aliphatic rings. The van der Waals surface area contributed by atoms with Crippen molar-refractivity contribution in [3.63, 3.8) is 0 Å². The molecule has 1 aromatic carbocycles. The molecule has 1 fully saturated rings. The van der Waals surface area contributed by atoms with Gasteiger partial charge in [0, 0.05) is 35.7 Å². The second-order valence-electron chi connectivity index (χ2n) is 6.15. The molecule has 2 unspecified atom stereocenters. The molecule has 1 aromatic heterocycles. The lowest BCUT2D eigenvalue weighted by atomic mass is 9.98. The minimum absolute atomic E-state index is 0.126. The summed E-state index contributed by atoms with van der Waals surface area (Å²) in [6, 6.07) is 8.96. The number of aromatic nitrogens is 1. The summed E-state index contributed by atoms with van der Waals surface area (Å²) >= 11 is 0. The van der Waals surface area contributed by atoms with E-state index in [1.165, 1.54) is 0 Å². The first-order valence-electron chi connectivity index (χ1n) is 7.68. The molecule has 2 aromatic rings. The number of piperidine rings is 1. The SMILES string of the molecule is CC1CC(NC(=O)Cc2c[nH]c3ccccc23)CCN1C. The molecule has 0 radical (unpaired) electrons. The van der Waals surface area contributed by atoms with Crippen LogP contribution in [0.2, 0.25) is 0 Å². The van der Waals surface area contributed by atoms with Crippen molar-refractivity contribution in [2.24, 2.45) is 0 Å². The van der Waals surface area contributed by atoms with Crippen molar-refractivity contribution < 1.29 is 4.79 Å². The summed E-state index contributed by atoms with van der Waals surface area (Å²) < 4.78 is 0. The monoisotopic (exact) mass is 285 g/mol. The van der Waals surface area contributed by atoms with Gasteiger partial charge < -0.3 is 15.2 Å². The molecule has 0 saturated carbocycles. The van der Waals surface area contributed by atoms with Crippen LogP contribution in [0.3, 0.4) is 0 Å². The molecule has 4 nitrogen and oxygen atoms in total. The fourth-order valence-electron chi connectivity index (χ4n) is 3.15. The van der Waals surface area contributed by atoms with E-state index in [4.69, 9.17) is 0 Å². The number of rotatable bonds is 3. The number of H-pyrrole nitrogens is 1. The first-order valence-corrected chi connectivity index (χ1v) is 7.68. The summed E-state index contributed by atoms with van der Waals surface area (Å²) in [4.78, 5) is 17.8. The van der Waals surface area contributed by atoms with Crippen LogP contribution in [0.1, 0.15) is 25.3 Å². The van der Waals surface area contributed by atoms with E-state index >= 15 is 0 Å². The third-order valence-corrected chi connectivity index (χ3v) is 4.60. The second-order valence-corrected chi connectivity index (χ2v) is 6.15. The number of nitrogens with one attached hydrogen (secondary N) is 2. The second kappa shape index (κ2) is 5.90. The Hall–Kier alpha value is -1.81. The van der Waals surface area contributed by atoms with Gasteiger partial charge in [-0.2, -0.15) is 0 Å². The van der Waals surface area contributed by atoms with Crippen LogP contribution in [-0.4, -0.2) is 41.5 Å². The number of carbonyl (C=O) groups is 1. The highest BCUT2D eigenvalue weighted by Crippen LogP contribution is 2.19. The average molecular weight is 285 g/mol. The Labute approximate surface area is 125 Å². The molecule has 2 heterocycles. The number of para-hydroxylation sites is 1. The smallest absolute Gasteiger partial charge is 0.224 e. The standard InChI is InChI=1S/C17H23N3O/c1-12-9-14(7-8-20(12)2)19-17(21)10-13-11-18-16-6-4-3-5-15(13)16/h3-6,11-12,14,18H,7-10H2,1-2H3,(H,19,21). The number of hydrogen-bond acceptors (Lipinski definition) is 2. The predicted octanol–water partition coefficient (Wildman–Crippen LogP) is 2.31. The van der Waals surface area contributed by atoms with Gasteiger partial charge in [-0.1, -0.05) is 18.2 Å². The van der Waals surface area contributed by atoms with Gasteiger partial charge in [-0.15, -0.1) is 0 Å². The molecule has 1 aliphatic heterocycles. The largest absolute Gasteiger partial charge is 0.361 e. The van der Waals surface area contributed by atoms with Crippen molar-refractivity contribution in [2.45, 2.75) is 38.3 Å². The molecule has 2 N–H and O–H groups in total. The van der Waals surface area contributed by atoms with Gasteiger partial charge in [-0.05, 0) is 38.4 Å². The van der Waals surface area contributed by atoms with E-state index in [9.17, 15) is 4.79 Å². The first-order chi connectivity index (χ1) is 10.1. The summed E-state index contributed by atoms with van der Waals surface area (Å²) in [6.45, 7) is 3.27. The highest BCUT2D eigenvalue weighted by Gasteiger charge is 2.24. The minimum Gasteiger partial charge on any atom is -0.361 e. The summed E-state index contributed by atoms with van der Waals surface area (Å²) in [5.74, 6) is 0.126. The number of nitrogens with zero attached hydrogens (tertiary/aromatic N) is 1. The predicted molar refractivity (Wildman–Crippen MR) is 85.3 cm³/mol. The maximum Gasteiger partial charge on any atom is 0.224 e. The number of likely N-dealkylation sites (tertiary alicyclic amines) is 1. The van der Waals surface area contributed by atoms with Crippen LogP contribution in [0.25, 0.3) is 10.9 Å². The van der Waals surface area contributed by atoms with Gasteiger partial charge in [0.25, 0.3) is 0 Å². The molecular weight excluding hydrogens is 262 g/mol. The quantitative estimate of drug-likeness (QED) is 0.909. The molecule has 21 heavy (non-hydrogen) atoms. The minimum atomic E-state index is 0.126. The summed E-state index contributed by atoms with van der Waals surface area (Å²) in [5, 5.41) is 4.34. The van der Waals surface area contributed by atoms with E-state index in [1.807, 2.05) is 24.4 Å². The van der Waals surface area contributed by atoms with Gasteiger partial charge in [0.2, 0.25) is 5.91 Å². The third-order valence-electron chi connectivity index (χ3n) is 4.60. The summed E-state index contributed by atoms with van der Waals surface area (Å²) in [5.41, 5.74) is 2.16. The fraction of sp³-hybridized carbons (Fsp3) is 0.471. The highest BCUT2D eigenvalue weighted by molar-refractivity contribution is 5.88. The van der Waals surface area contributed by atoms with Crippen LogP contribution in [-0.2, 0) is 11.2 Å². The molecule has 4 heteroatoms. The molecular formula is C17H23N3O. The van der Waals surface area contributed by atoms with E-state index in [0.29, 0.717) is 18.5 Å². The van der Waals surface area contributed by atoms with Gasteiger partial charge in [-0.25, -0.2) is 0 Å². The number of amides is 1. The average Bonchev–Trinajstić information content (AvgIpc) is 2.86. The summed E-state index contributed by atoms with van der Waals surface area (Å²) in [7, 11) is 2.15. The first kappa shape index (κ1) is 14.1. The Bertz CT molecular complexity index is 634. The number of fused-ring (bicyclic) bond motifs is 1. The highest BCUT2D eigenvalue weighted by atomic mass is 16.1. The van der Waals surface area contributed by atoms with Crippen molar-refractivity contribution in [1.82, 2.24) is 15.2 Å². The Balaban J connectivity index is 1.62. The van der Waals surface area contributed by atoms with E-state index in [-0.39, 0.29) is 5.91 Å². The number of benzene rings is 1. The Morgan fingerprint density at radius 1 is 1.43 bits per heavy atom. The zero-order valence-electron chi connectivity index (χ0n) is 12.7. The van der Waals surface area contributed by atoms with E-state index in [1.54, 1.807) is 0 Å². The Kier molecular flexibility index (Phi) is 3.97. The third kappa shape index (κ3) is 3.10. The number of aromatic amines is 1. The molecule has 1 amide bonds. The maximum atomic E-state index is 12.3.